The van der Waals surface area contributed by atoms with Gasteiger partial charge in [0.05, 0.1) is 11.9 Å². The molecule has 0 saturated heterocycles. The van der Waals surface area contributed by atoms with Crippen LogP contribution in [0.1, 0.15) is 18.7 Å². The van der Waals surface area contributed by atoms with E-state index < -0.39 is 15.8 Å². The molecule has 2 rings (SSSR count). The molecule has 2 aromatic rings. The van der Waals surface area contributed by atoms with Crippen LogP contribution in [0.5, 0.6) is 0 Å². The van der Waals surface area contributed by atoms with E-state index >= 15 is 0 Å². The van der Waals surface area contributed by atoms with Gasteiger partial charge >= 0.3 is 0 Å². The van der Waals surface area contributed by atoms with Crippen molar-refractivity contribution in [3.63, 3.8) is 0 Å². The number of hydrogen-bond donors (Lipinski definition) is 2. The highest BCUT2D eigenvalue weighted by molar-refractivity contribution is 7.93. The van der Waals surface area contributed by atoms with Crippen LogP contribution in [0.25, 0.3) is 0 Å². The van der Waals surface area contributed by atoms with Gasteiger partial charge in [-0.15, -0.1) is 11.3 Å². The SMILES string of the molecule is CC(C)NCc1sccc1S(=O)(=O)Nc1ccncc1F. The molecule has 0 bridgehead atoms. The van der Waals surface area contributed by atoms with E-state index in [1.54, 1.807) is 5.38 Å². The zero-order chi connectivity index (χ0) is 15.5. The van der Waals surface area contributed by atoms with Crippen LogP contribution in [0.15, 0.2) is 34.8 Å². The Hall–Kier alpha value is -1.51. The number of nitrogens with zero attached hydrogens (tertiary/aromatic N) is 1. The summed E-state index contributed by atoms with van der Waals surface area (Å²) in [4.78, 5) is 4.44. The van der Waals surface area contributed by atoms with Crippen molar-refractivity contribution in [1.29, 1.82) is 0 Å². The molecule has 2 N–H and O–H groups in total. The van der Waals surface area contributed by atoms with Crippen LogP contribution in [0.3, 0.4) is 0 Å². The van der Waals surface area contributed by atoms with Gasteiger partial charge in [-0.2, -0.15) is 0 Å². The topological polar surface area (TPSA) is 71.1 Å². The molecule has 2 heterocycles. The third-order valence-corrected chi connectivity index (χ3v) is 5.18. The smallest absolute Gasteiger partial charge is 0.263 e. The fourth-order valence-corrected chi connectivity index (χ4v) is 4.11. The van der Waals surface area contributed by atoms with Crippen LogP contribution >= 0.6 is 11.3 Å². The van der Waals surface area contributed by atoms with Crippen molar-refractivity contribution in [3.05, 3.63) is 40.6 Å². The van der Waals surface area contributed by atoms with Gasteiger partial charge in [0, 0.05) is 23.7 Å². The molecule has 5 nitrogen and oxygen atoms in total. The number of sulfonamides is 1. The Bertz CT molecular complexity index is 714. The molecule has 0 aromatic carbocycles. The lowest BCUT2D eigenvalue weighted by atomic mass is 10.4. The van der Waals surface area contributed by atoms with Crippen LogP contribution < -0.4 is 10.0 Å². The predicted octanol–water partition coefficient (Wildman–Crippen LogP) is 2.58. The molecule has 21 heavy (non-hydrogen) atoms. The first-order valence-corrected chi connectivity index (χ1v) is 8.68. The van der Waals surface area contributed by atoms with Gasteiger partial charge in [0.15, 0.2) is 5.82 Å². The summed E-state index contributed by atoms with van der Waals surface area (Å²) in [6.07, 6.45) is 2.29. The molecular formula is C13H16FN3O2S2. The van der Waals surface area contributed by atoms with Crippen molar-refractivity contribution in [1.82, 2.24) is 10.3 Å². The van der Waals surface area contributed by atoms with Crippen molar-refractivity contribution in [2.75, 3.05) is 4.72 Å². The lowest BCUT2D eigenvalue weighted by Gasteiger charge is -2.11. The van der Waals surface area contributed by atoms with E-state index in [1.165, 1.54) is 29.7 Å². The Labute approximate surface area is 127 Å². The Kier molecular flexibility index (Phi) is 4.92. The molecule has 0 saturated carbocycles. The van der Waals surface area contributed by atoms with Gasteiger partial charge < -0.3 is 5.32 Å². The molecule has 0 unspecified atom stereocenters. The minimum Gasteiger partial charge on any atom is -0.310 e. The lowest BCUT2D eigenvalue weighted by Crippen LogP contribution is -2.23. The molecule has 8 heteroatoms. The maximum atomic E-state index is 13.5. The molecule has 114 valence electrons. The molecule has 0 aliphatic carbocycles. The van der Waals surface area contributed by atoms with Crippen LogP contribution in [0.4, 0.5) is 10.1 Å². The maximum Gasteiger partial charge on any atom is 0.263 e. The molecule has 0 fully saturated rings. The third-order valence-electron chi connectivity index (χ3n) is 2.68. The van der Waals surface area contributed by atoms with Crippen molar-refractivity contribution < 1.29 is 12.8 Å². The van der Waals surface area contributed by atoms with Crippen LogP contribution in [-0.4, -0.2) is 19.4 Å². The molecule has 0 aliphatic rings. The number of aromatic nitrogens is 1. The molecule has 0 radical (unpaired) electrons. The van der Waals surface area contributed by atoms with E-state index in [-0.39, 0.29) is 16.6 Å². The third kappa shape index (κ3) is 3.99. The first-order chi connectivity index (χ1) is 9.90. The van der Waals surface area contributed by atoms with Crippen molar-refractivity contribution >= 4 is 27.0 Å². The second-order valence-electron chi connectivity index (χ2n) is 4.70. The number of rotatable bonds is 6. The van der Waals surface area contributed by atoms with Gasteiger partial charge in [-0.1, -0.05) is 13.8 Å². The summed E-state index contributed by atoms with van der Waals surface area (Å²) in [5.41, 5.74) is -0.112. The van der Waals surface area contributed by atoms with E-state index in [0.29, 0.717) is 11.4 Å². The monoisotopic (exact) mass is 329 g/mol. The second kappa shape index (κ2) is 6.50. The van der Waals surface area contributed by atoms with E-state index in [9.17, 15) is 12.8 Å². The molecule has 0 aliphatic heterocycles. The van der Waals surface area contributed by atoms with Crippen molar-refractivity contribution in [2.24, 2.45) is 0 Å². The summed E-state index contributed by atoms with van der Waals surface area (Å²) in [7, 11) is -3.82. The largest absolute Gasteiger partial charge is 0.310 e. The van der Waals surface area contributed by atoms with Crippen molar-refractivity contribution in [2.45, 2.75) is 31.3 Å². The summed E-state index contributed by atoms with van der Waals surface area (Å²) >= 11 is 1.35. The first-order valence-electron chi connectivity index (χ1n) is 6.32. The molecule has 0 atom stereocenters. The summed E-state index contributed by atoms with van der Waals surface area (Å²) in [6.45, 7) is 4.41. The quantitative estimate of drug-likeness (QED) is 0.854. The molecule has 2 aromatic heterocycles. The fourth-order valence-electron chi connectivity index (χ4n) is 1.65. The summed E-state index contributed by atoms with van der Waals surface area (Å²) in [6, 6.07) is 3.04. The number of thiophene rings is 1. The van der Waals surface area contributed by atoms with E-state index in [4.69, 9.17) is 0 Å². The Balaban J connectivity index is 2.24. The van der Waals surface area contributed by atoms with E-state index in [0.717, 1.165) is 6.20 Å². The fraction of sp³-hybridized carbons (Fsp3) is 0.308. The molecule has 0 spiro atoms. The second-order valence-corrected chi connectivity index (χ2v) is 7.36. The highest BCUT2D eigenvalue weighted by Crippen LogP contribution is 2.25. The van der Waals surface area contributed by atoms with Gasteiger partial charge in [0.2, 0.25) is 0 Å². The summed E-state index contributed by atoms with van der Waals surface area (Å²) < 4.78 is 40.5. The van der Waals surface area contributed by atoms with Gasteiger partial charge in [0.25, 0.3) is 10.0 Å². The van der Waals surface area contributed by atoms with Gasteiger partial charge in [-0.25, -0.2) is 12.8 Å². The van der Waals surface area contributed by atoms with E-state index in [2.05, 4.69) is 15.0 Å². The lowest BCUT2D eigenvalue weighted by molar-refractivity contribution is 0.581. The number of nitrogens with one attached hydrogen (secondary N) is 2. The Morgan fingerprint density at radius 3 is 2.81 bits per heavy atom. The Morgan fingerprint density at radius 2 is 2.14 bits per heavy atom. The van der Waals surface area contributed by atoms with Gasteiger partial charge in [-0.3, -0.25) is 9.71 Å². The number of hydrogen-bond acceptors (Lipinski definition) is 5. The maximum absolute atomic E-state index is 13.5. The van der Waals surface area contributed by atoms with Gasteiger partial charge in [0.1, 0.15) is 4.90 Å². The minimum absolute atomic E-state index is 0.112. The average Bonchev–Trinajstić information content (AvgIpc) is 2.88. The summed E-state index contributed by atoms with van der Waals surface area (Å²) in [5.74, 6) is -0.710. The Morgan fingerprint density at radius 1 is 1.38 bits per heavy atom. The molecular weight excluding hydrogens is 313 g/mol. The van der Waals surface area contributed by atoms with Crippen LogP contribution in [0, 0.1) is 5.82 Å². The zero-order valence-electron chi connectivity index (χ0n) is 11.6. The van der Waals surface area contributed by atoms with Crippen molar-refractivity contribution in [3.8, 4) is 0 Å². The predicted molar refractivity (Wildman–Crippen MR) is 81.3 cm³/mol. The highest BCUT2D eigenvalue weighted by atomic mass is 32.2. The number of halogens is 1. The van der Waals surface area contributed by atoms with Crippen LogP contribution in [-0.2, 0) is 16.6 Å². The first kappa shape index (κ1) is 15.9. The highest BCUT2D eigenvalue weighted by Gasteiger charge is 2.21. The van der Waals surface area contributed by atoms with Gasteiger partial charge in [-0.05, 0) is 17.5 Å². The average molecular weight is 329 g/mol. The normalized spacial score (nSPS) is 11.8. The zero-order valence-corrected chi connectivity index (χ0v) is 13.3. The summed E-state index contributed by atoms with van der Waals surface area (Å²) in [5, 5.41) is 4.87. The van der Waals surface area contributed by atoms with E-state index in [1.807, 2.05) is 13.8 Å². The number of anilines is 1. The number of pyridine rings is 1. The minimum atomic E-state index is -3.82. The van der Waals surface area contributed by atoms with Crippen LogP contribution in [0.2, 0.25) is 0 Å². The standard InChI is InChI=1S/C13H16FN3O2S2/c1-9(2)16-8-12-13(4-6-20-12)21(18,19)17-11-3-5-15-7-10(11)14/h3-7,9,16H,8H2,1-2H3,(H,15,17). The molecule has 0 amide bonds.